The van der Waals surface area contributed by atoms with Crippen LogP contribution in [0.1, 0.15) is 99.3 Å². The van der Waals surface area contributed by atoms with Gasteiger partial charge in [-0.05, 0) is 92.3 Å². The summed E-state index contributed by atoms with van der Waals surface area (Å²) in [5.41, 5.74) is 9.48. The van der Waals surface area contributed by atoms with Crippen LogP contribution in [0.25, 0.3) is 38.6 Å². The average Bonchev–Trinajstić information content (AvgIpc) is 3.19. The molecular formula is C40H48FN. The molecule has 1 aromatic heterocycles. The van der Waals surface area contributed by atoms with E-state index < -0.39 is 0 Å². The summed E-state index contributed by atoms with van der Waals surface area (Å²) < 4.78 is 17.0. The van der Waals surface area contributed by atoms with Crippen LogP contribution >= 0.6 is 0 Å². The normalized spacial score (nSPS) is 13.3. The van der Waals surface area contributed by atoms with Crippen molar-refractivity contribution in [3.05, 3.63) is 101 Å². The first-order chi connectivity index (χ1) is 19.3. The molecule has 0 aliphatic heterocycles. The predicted molar refractivity (Wildman–Crippen MR) is 181 cm³/mol. The predicted octanol–water partition coefficient (Wildman–Crippen LogP) is 11.9. The molecule has 0 aliphatic rings. The van der Waals surface area contributed by atoms with Gasteiger partial charge in [-0.25, -0.2) is 4.39 Å². The molecule has 5 rings (SSSR count). The lowest BCUT2D eigenvalue weighted by atomic mass is 9.72. The molecule has 5 aromatic rings. The summed E-state index contributed by atoms with van der Waals surface area (Å²) in [5, 5.41) is 2.51. The number of halogens is 1. The molecule has 2 heteroatoms. The molecule has 220 valence electrons. The van der Waals surface area contributed by atoms with Gasteiger partial charge >= 0.3 is 0 Å². The zero-order chi connectivity index (χ0) is 30.8. The number of benzene rings is 4. The van der Waals surface area contributed by atoms with Gasteiger partial charge < -0.3 is 4.57 Å². The summed E-state index contributed by atoms with van der Waals surface area (Å²) in [5.74, 6) is -0.213. The van der Waals surface area contributed by atoms with Crippen LogP contribution in [0.15, 0.2) is 78.9 Å². The fourth-order valence-electron chi connectivity index (χ4n) is 6.62. The third kappa shape index (κ3) is 5.91. The molecule has 0 radical (unpaired) electrons. The maximum Gasteiger partial charge on any atom is 0.123 e. The van der Waals surface area contributed by atoms with Gasteiger partial charge in [-0.15, -0.1) is 0 Å². The molecule has 0 bridgehead atoms. The van der Waals surface area contributed by atoms with E-state index in [0.29, 0.717) is 0 Å². The van der Waals surface area contributed by atoms with Crippen molar-refractivity contribution in [2.45, 2.75) is 98.8 Å². The number of hydrogen-bond acceptors (Lipinski definition) is 0. The average molecular weight is 562 g/mol. The van der Waals surface area contributed by atoms with Crippen LogP contribution in [-0.4, -0.2) is 4.57 Å². The van der Waals surface area contributed by atoms with Crippen molar-refractivity contribution >= 4 is 21.8 Å². The zero-order valence-corrected chi connectivity index (χ0v) is 27.5. The standard InChI is InChI=1S/C40H48FN/c1-37(2,3)25-40(10,11)30-19-27(26-13-12-14-31(41)20-26)21-32(22-30)42-35-23-28(38(4,5)6)15-17-33(35)34-18-16-29(24-36(34)42)39(7,8)9/h12-24H,25H2,1-11H3. The minimum absolute atomic E-state index is 0.0231. The van der Waals surface area contributed by atoms with Gasteiger partial charge in [-0.3, -0.25) is 0 Å². The van der Waals surface area contributed by atoms with E-state index in [4.69, 9.17) is 0 Å². The van der Waals surface area contributed by atoms with Crippen molar-refractivity contribution in [2.75, 3.05) is 0 Å². The molecule has 0 fully saturated rings. The summed E-state index contributed by atoms with van der Waals surface area (Å²) in [4.78, 5) is 0. The molecule has 1 nitrogen and oxygen atoms in total. The second-order valence-electron chi connectivity index (χ2n) is 16.2. The molecule has 0 aliphatic carbocycles. The third-order valence-electron chi connectivity index (χ3n) is 8.59. The quantitative estimate of drug-likeness (QED) is 0.206. The van der Waals surface area contributed by atoms with Gasteiger partial charge in [-0.2, -0.15) is 0 Å². The van der Waals surface area contributed by atoms with E-state index in [1.807, 2.05) is 12.1 Å². The highest BCUT2D eigenvalue weighted by Crippen LogP contribution is 2.42. The molecule has 0 unspecified atom stereocenters. The Morgan fingerprint density at radius 3 is 1.57 bits per heavy atom. The van der Waals surface area contributed by atoms with Crippen LogP contribution in [-0.2, 0) is 16.2 Å². The highest BCUT2D eigenvalue weighted by molar-refractivity contribution is 6.09. The van der Waals surface area contributed by atoms with Crippen LogP contribution in [0.5, 0.6) is 0 Å². The number of nitrogens with zero attached hydrogens (tertiary/aromatic N) is 1. The van der Waals surface area contributed by atoms with Crippen molar-refractivity contribution in [2.24, 2.45) is 5.41 Å². The Hall–Kier alpha value is -3.39. The Morgan fingerprint density at radius 1 is 0.548 bits per heavy atom. The van der Waals surface area contributed by atoms with Crippen molar-refractivity contribution in [3.8, 4) is 16.8 Å². The van der Waals surface area contributed by atoms with Crippen LogP contribution < -0.4 is 0 Å². The van der Waals surface area contributed by atoms with Gasteiger partial charge in [0.25, 0.3) is 0 Å². The molecular weight excluding hydrogens is 513 g/mol. The van der Waals surface area contributed by atoms with Gasteiger partial charge in [0.1, 0.15) is 5.82 Å². The minimum Gasteiger partial charge on any atom is -0.309 e. The molecule has 0 saturated carbocycles. The van der Waals surface area contributed by atoms with Gasteiger partial charge in [-0.1, -0.05) is 119 Å². The summed E-state index contributed by atoms with van der Waals surface area (Å²) in [6.07, 6.45) is 1.03. The molecule has 0 spiro atoms. The second kappa shape index (κ2) is 10.1. The van der Waals surface area contributed by atoms with Crippen molar-refractivity contribution in [1.82, 2.24) is 4.57 Å². The molecule has 0 saturated heterocycles. The van der Waals surface area contributed by atoms with Gasteiger partial charge in [0, 0.05) is 16.5 Å². The molecule has 0 atom stereocenters. The zero-order valence-electron chi connectivity index (χ0n) is 27.5. The lowest BCUT2D eigenvalue weighted by Gasteiger charge is -2.34. The van der Waals surface area contributed by atoms with Crippen LogP contribution in [0.4, 0.5) is 4.39 Å². The minimum atomic E-state index is -0.213. The summed E-state index contributed by atoms with van der Waals surface area (Å²) in [6.45, 7) is 25.2. The Kier molecular flexibility index (Phi) is 7.24. The molecule has 1 heterocycles. The van der Waals surface area contributed by atoms with E-state index in [9.17, 15) is 4.39 Å². The lowest BCUT2D eigenvalue weighted by Crippen LogP contribution is -2.25. The topological polar surface area (TPSA) is 4.93 Å². The Morgan fingerprint density at radius 2 is 1.10 bits per heavy atom. The first kappa shape index (κ1) is 30.1. The molecule has 0 amide bonds. The number of rotatable bonds is 4. The SMILES string of the molecule is CC(C)(C)CC(C)(C)c1cc(-c2cccc(F)c2)cc(-n2c3cc(C(C)(C)C)ccc3c3ccc(C(C)(C)C)cc32)c1. The molecule has 0 N–H and O–H groups in total. The van der Waals surface area contributed by atoms with Gasteiger partial charge in [0.15, 0.2) is 0 Å². The van der Waals surface area contributed by atoms with E-state index in [2.05, 4.69) is 135 Å². The first-order valence-electron chi connectivity index (χ1n) is 15.3. The van der Waals surface area contributed by atoms with E-state index in [1.54, 1.807) is 6.07 Å². The van der Waals surface area contributed by atoms with Gasteiger partial charge in [0.05, 0.1) is 11.0 Å². The Balaban J connectivity index is 1.90. The smallest absolute Gasteiger partial charge is 0.123 e. The van der Waals surface area contributed by atoms with Crippen LogP contribution in [0.2, 0.25) is 0 Å². The van der Waals surface area contributed by atoms with Gasteiger partial charge in [0.2, 0.25) is 0 Å². The molecule has 4 aromatic carbocycles. The Bertz CT molecular complexity index is 1710. The lowest BCUT2D eigenvalue weighted by molar-refractivity contribution is 0.284. The summed E-state index contributed by atoms with van der Waals surface area (Å²) in [6, 6.07) is 27.8. The Labute approximate surface area is 252 Å². The van der Waals surface area contributed by atoms with E-state index >= 15 is 0 Å². The number of aromatic nitrogens is 1. The largest absolute Gasteiger partial charge is 0.309 e. The third-order valence-corrected chi connectivity index (χ3v) is 8.59. The monoisotopic (exact) mass is 561 g/mol. The van der Waals surface area contributed by atoms with Crippen LogP contribution in [0.3, 0.4) is 0 Å². The fraction of sp³-hybridized carbons (Fsp3) is 0.400. The van der Waals surface area contributed by atoms with E-state index in [0.717, 1.165) is 23.2 Å². The number of hydrogen-bond donors (Lipinski definition) is 0. The van der Waals surface area contributed by atoms with Crippen molar-refractivity contribution < 1.29 is 4.39 Å². The number of fused-ring (bicyclic) bond motifs is 3. The summed E-state index contributed by atoms with van der Waals surface area (Å²) in [7, 11) is 0. The maximum atomic E-state index is 14.5. The second-order valence-corrected chi connectivity index (χ2v) is 16.2. The first-order valence-corrected chi connectivity index (χ1v) is 15.3. The van der Waals surface area contributed by atoms with Crippen molar-refractivity contribution in [3.63, 3.8) is 0 Å². The highest BCUT2D eigenvalue weighted by atomic mass is 19.1. The van der Waals surface area contributed by atoms with E-state index in [1.165, 1.54) is 44.6 Å². The summed E-state index contributed by atoms with van der Waals surface area (Å²) >= 11 is 0. The highest BCUT2D eigenvalue weighted by Gasteiger charge is 2.29. The fourth-order valence-corrected chi connectivity index (χ4v) is 6.62. The van der Waals surface area contributed by atoms with E-state index in [-0.39, 0.29) is 27.5 Å². The maximum absolute atomic E-state index is 14.5. The van der Waals surface area contributed by atoms with Crippen molar-refractivity contribution in [1.29, 1.82) is 0 Å². The molecule has 42 heavy (non-hydrogen) atoms. The van der Waals surface area contributed by atoms with Crippen LogP contribution in [0, 0.1) is 11.2 Å².